The first-order valence-corrected chi connectivity index (χ1v) is 10.8. The number of hydrogen-bond donors (Lipinski definition) is 1. The smallest absolute Gasteiger partial charge is 0.387 e. The fourth-order valence-electron chi connectivity index (χ4n) is 4.06. The normalized spacial score (nSPS) is 18.6. The molecule has 0 radical (unpaired) electrons. The Bertz CT molecular complexity index is 955. The van der Waals surface area contributed by atoms with E-state index in [1.54, 1.807) is 6.07 Å². The van der Waals surface area contributed by atoms with Crippen LogP contribution in [-0.2, 0) is 9.72 Å². The summed E-state index contributed by atoms with van der Waals surface area (Å²) in [6.07, 6.45) is -4.74. The van der Waals surface area contributed by atoms with Crippen LogP contribution in [0.1, 0.15) is 34.8 Å². The van der Waals surface area contributed by atoms with E-state index in [9.17, 15) is 18.3 Å². The molecule has 2 nitrogen and oxygen atoms in total. The number of aliphatic hydroxyl groups is 1. The summed E-state index contributed by atoms with van der Waals surface area (Å²) in [7, 11) is 0. The molecule has 1 fully saturated rings. The molecular weight excluding hydrogens is 502 g/mol. The largest absolute Gasteiger partial charge is 0.416 e. The third-order valence-corrected chi connectivity index (χ3v) is 7.56. The van der Waals surface area contributed by atoms with Gasteiger partial charge in [-0.05, 0) is 35.2 Å². The van der Waals surface area contributed by atoms with Crippen LogP contribution >= 0.6 is 22.6 Å². The van der Waals surface area contributed by atoms with Gasteiger partial charge in [0.15, 0.2) is 0 Å². The molecule has 0 saturated carbocycles. The van der Waals surface area contributed by atoms with Crippen LogP contribution in [0.25, 0.3) is 0 Å². The van der Waals surface area contributed by atoms with Crippen molar-refractivity contribution >= 4 is 22.6 Å². The second kappa shape index (κ2) is 8.32. The molecule has 0 aliphatic carbocycles. The molecule has 6 heteroatoms. The maximum atomic E-state index is 13.1. The van der Waals surface area contributed by atoms with Crippen molar-refractivity contribution in [3.63, 3.8) is 0 Å². The Morgan fingerprint density at radius 2 is 1.37 bits per heavy atom. The monoisotopic (exact) mass is 523 g/mol. The Morgan fingerprint density at radius 1 is 0.833 bits per heavy atom. The molecule has 2 atom stereocenters. The zero-order valence-corrected chi connectivity index (χ0v) is 18.2. The van der Waals surface area contributed by atoms with Crippen LogP contribution in [0.15, 0.2) is 84.9 Å². The van der Waals surface area contributed by atoms with Crippen molar-refractivity contribution in [2.45, 2.75) is 28.3 Å². The topological polar surface area (TPSA) is 23.5 Å². The van der Waals surface area contributed by atoms with Gasteiger partial charge in [-0.25, -0.2) is 0 Å². The summed E-state index contributed by atoms with van der Waals surface area (Å²) in [6, 6.07) is 24.7. The first kappa shape index (κ1) is 21.3. The van der Waals surface area contributed by atoms with Gasteiger partial charge in [0.25, 0.3) is 0 Å². The van der Waals surface area contributed by atoms with Crippen LogP contribution in [0.4, 0.5) is 13.2 Å². The van der Waals surface area contributed by atoms with Crippen LogP contribution in [-0.4, -0.2) is 22.6 Å². The summed E-state index contributed by atoms with van der Waals surface area (Å²) in [4.78, 5) is 2.18. The van der Waals surface area contributed by atoms with Gasteiger partial charge < -0.3 is 5.11 Å². The molecule has 0 spiro atoms. The van der Waals surface area contributed by atoms with E-state index in [2.05, 4.69) is 27.5 Å². The third-order valence-electron chi connectivity index (χ3n) is 5.69. The Kier molecular flexibility index (Phi) is 5.92. The van der Waals surface area contributed by atoms with Crippen molar-refractivity contribution in [1.29, 1.82) is 0 Å². The van der Waals surface area contributed by atoms with E-state index < -0.39 is 21.4 Å². The first-order chi connectivity index (χ1) is 14.3. The Morgan fingerprint density at radius 3 is 1.83 bits per heavy atom. The minimum Gasteiger partial charge on any atom is -0.387 e. The van der Waals surface area contributed by atoms with Gasteiger partial charge in [0.1, 0.15) is 3.55 Å². The fourth-order valence-corrected chi connectivity index (χ4v) is 5.37. The average molecular weight is 523 g/mol. The average Bonchev–Trinajstić information content (AvgIpc) is 2.73. The molecule has 1 saturated heterocycles. The lowest BCUT2D eigenvalue weighted by atomic mass is 9.86. The molecular formula is C24H21F3INO. The lowest BCUT2D eigenvalue weighted by Crippen LogP contribution is -2.59. The van der Waals surface area contributed by atoms with E-state index in [0.29, 0.717) is 12.0 Å². The standard InChI is InChI=1S/C24H21F3INO/c25-24(26,27)20-13-7-8-17(16-20)22(30)21-14-15-29(21)23(28,18-9-3-1-4-10-18)19-11-5-2-6-12-19/h1-13,16,21-22,30H,14-15H2. The van der Waals surface area contributed by atoms with Crippen LogP contribution in [0.3, 0.4) is 0 Å². The highest BCUT2D eigenvalue weighted by molar-refractivity contribution is 14.1. The number of alkyl halides is 4. The van der Waals surface area contributed by atoms with Crippen LogP contribution in [0, 0.1) is 0 Å². The summed E-state index contributed by atoms with van der Waals surface area (Å²) >= 11 is 2.41. The van der Waals surface area contributed by atoms with E-state index in [4.69, 9.17) is 0 Å². The van der Waals surface area contributed by atoms with E-state index in [1.807, 2.05) is 60.7 Å². The van der Waals surface area contributed by atoms with Gasteiger partial charge in [-0.3, -0.25) is 4.90 Å². The van der Waals surface area contributed by atoms with Gasteiger partial charge in [-0.2, -0.15) is 13.2 Å². The second-order valence-corrected chi connectivity index (χ2v) is 9.03. The van der Waals surface area contributed by atoms with Gasteiger partial charge in [-0.15, -0.1) is 0 Å². The minimum atomic E-state index is -4.43. The minimum absolute atomic E-state index is 0.286. The number of nitrogens with zero attached hydrogens (tertiary/aromatic N) is 1. The highest BCUT2D eigenvalue weighted by atomic mass is 127. The molecule has 1 heterocycles. The molecule has 0 amide bonds. The molecule has 3 aromatic carbocycles. The van der Waals surface area contributed by atoms with Crippen molar-refractivity contribution in [2.24, 2.45) is 0 Å². The van der Waals surface area contributed by atoms with E-state index in [-0.39, 0.29) is 6.04 Å². The molecule has 3 aromatic rings. The van der Waals surface area contributed by atoms with Crippen LogP contribution in [0.2, 0.25) is 0 Å². The summed E-state index contributed by atoms with van der Waals surface area (Å²) in [6.45, 7) is 0.743. The molecule has 0 aromatic heterocycles. The van der Waals surface area contributed by atoms with Gasteiger partial charge in [0.2, 0.25) is 0 Å². The maximum absolute atomic E-state index is 13.1. The molecule has 4 rings (SSSR count). The SMILES string of the molecule is OC(c1cccc(C(F)(F)F)c1)C1CCN1C(I)(c1ccccc1)c1ccccc1. The van der Waals surface area contributed by atoms with Crippen molar-refractivity contribution in [3.8, 4) is 0 Å². The number of aliphatic hydroxyl groups excluding tert-OH is 1. The Labute approximate surface area is 187 Å². The number of rotatable bonds is 5. The molecule has 0 bridgehead atoms. The van der Waals surface area contributed by atoms with E-state index >= 15 is 0 Å². The van der Waals surface area contributed by atoms with Crippen molar-refractivity contribution in [2.75, 3.05) is 6.54 Å². The van der Waals surface area contributed by atoms with Crippen molar-refractivity contribution in [1.82, 2.24) is 4.90 Å². The number of halogens is 4. The Hall–Kier alpha value is -1.90. The predicted octanol–water partition coefficient (Wildman–Crippen LogP) is 6.15. The Balaban J connectivity index is 1.70. The third kappa shape index (κ3) is 3.88. The predicted molar refractivity (Wildman–Crippen MR) is 119 cm³/mol. The van der Waals surface area contributed by atoms with Gasteiger partial charge in [-0.1, -0.05) is 95.4 Å². The van der Waals surface area contributed by atoms with Crippen molar-refractivity contribution < 1.29 is 18.3 Å². The highest BCUT2D eigenvalue weighted by Gasteiger charge is 2.48. The zero-order chi connectivity index (χ0) is 21.4. The summed E-state index contributed by atoms with van der Waals surface area (Å²) in [5, 5.41) is 11.0. The van der Waals surface area contributed by atoms with E-state index in [1.165, 1.54) is 6.07 Å². The van der Waals surface area contributed by atoms with Crippen LogP contribution < -0.4 is 0 Å². The number of likely N-dealkylation sites (tertiary alicyclic amines) is 1. The molecule has 30 heavy (non-hydrogen) atoms. The highest BCUT2D eigenvalue weighted by Crippen LogP contribution is 2.49. The fraction of sp³-hybridized carbons (Fsp3) is 0.250. The molecule has 156 valence electrons. The maximum Gasteiger partial charge on any atom is 0.416 e. The van der Waals surface area contributed by atoms with Gasteiger partial charge >= 0.3 is 6.18 Å². The van der Waals surface area contributed by atoms with Crippen molar-refractivity contribution in [3.05, 3.63) is 107 Å². The summed E-state index contributed by atoms with van der Waals surface area (Å²) in [5.74, 6) is 0. The lowest BCUT2D eigenvalue weighted by Gasteiger charge is -2.53. The van der Waals surface area contributed by atoms with Gasteiger partial charge in [0.05, 0.1) is 11.7 Å². The molecule has 1 aliphatic heterocycles. The number of hydrogen-bond acceptors (Lipinski definition) is 2. The lowest BCUT2D eigenvalue weighted by molar-refractivity contribution is -0.137. The quantitative estimate of drug-likeness (QED) is 0.247. The number of benzene rings is 3. The molecule has 1 N–H and O–H groups in total. The molecule has 1 aliphatic rings. The van der Waals surface area contributed by atoms with Crippen LogP contribution in [0.5, 0.6) is 0 Å². The zero-order valence-electron chi connectivity index (χ0n) is 16.1. The summed E-state index contributed by atoms with van der Waals surface area (Å²) in [5.41, 5.74) is 1.69. The first-order valence-electron chi connectivity index (χ1n) is 9.74. The van der Waals surface area contributed by atoms with Gasteiger partial charge in [0, 0.05) is 12.6 Å². The molecule has 2 unspecified atom stereocenters. The van der Waals surface area contributed by atoms with E-state index in [0.717, 1.165) is 29.8 Å². The second-order valence-electron chi connectivity index (χ2n) is 7.47. The summed E-state index contributed by atoms with van der Waals surface area (Å²) < 4.78 is 38.9.